The van der Waals surface area contributed by atoms with Crippen LogP contribution >= 0.6 is 11.6 Å². The Labute approximate surface area is 163 Å². The second kappa shape index (κ2) is 8.40. The average molecular weight is 385 g/mol. The number of ketones is 1. The van der Waals surface area contributed by atoms with Gasteiger partial charge >= 0.3 is 5.97 Å². The minimum atomic E-state index is -0.863. The Kier molecular flexibility index (Phi) is 5.97. The molecule has 1 aliphatic rings. The molecule has 0 heterocycles. The Morgan fingerprint density at radius 3 is 2.67 bits per heavy atom. The maximum atomic E-state index is 12.9. The van der Waals surface area contributed by atoms with Gasteiger partial charge in [0.05, 0.1) is 13.7 Å². The van der Waals surface area contributed by atoms with Gasteiger partial charge in [0, 0.05) is 10.9 Å². The van der Waals surface area contributed by atoms with Crippen LogP contribution in [0, 0.1) is 5.92 Å². The summed E-state index contributed by atoms with van der Waals surface area (Å²) in [5, 5.41) is 0.569. The lowest BCUT2D eigenvalue weighted by Crippen LogP contribution is -2.34. The molecule has 0 unspecified atom stereocenters. The standard InChI is InChI=1S/C22H21ClO4/c1-3-27-22(25)21-19(15-7-4-8-17(23)10-15)12-16(13-20(21)24)14-6-5-9-18(11-14)26-2/h4-11,13,19,21H,3,12H2,1-2H3/t19-,21-/m0/s1. The summed E-state index contributed by atoms with van der Waals surface area (Å²) in [5.41, 5.74) is 2.61. The number of esters is 1. The second-order valence-corrected chi connectivity index (χ2v) is 6.84. The van der Waals surface area contributed by atoms with Gasteiger partial charge in [-0.05, 0) is 60.4 Å². The molecule has 0 saturated carbocycles. The van der Waals surface area contributed by atoms with Crippen molar-refractivity contribution in [1.82, 2.24) is 0 Å². The first-order chi connectivity index (χ1) is 13.0. The van der Waals surface area contributed by atoms with Crippen LogP contribution in [0.4, 0.5) is 0 Å². The van der Waals surface area contributed by atoms with Gasteiger partial charge in [0.25, 0.3) is 0 Å². The molecule has 0 aliphatic heterocycles. The average Bonchev–Trinajstić information content (AvgIpc) is 2.67. The molecule has 0 bridgehead atoms. The highest BCUT2D eigenvalue weighted by Gasteiger charge is 2.39. The summed E-state index contributed by atoms with van der Waals surface area (Å²) < 4.78 is 10.5. The molecule has 2 atom stereocenters. The monoisotopic (exact) mass is 384 g/mol. The van der Waals surface area contributed by atoms with E-state index in [4.69, 9.17) is 21.1 Å². The van der Waals surface area contributed by atoms with Gasteiger partial charge in [-0.1, -0.05) is 35.9 Å². The predicted molar refractivity (Wildman–Crippen MR) is 105 cm³/mol. The number of carbonyl (C=O) groups excluding carboxylic acids is 2. The highest BCUT2D eigenvalue weighted by atomic mass is 35.5. The molecule has 140 valence electrons. The number of halogens is 1. The van der Waals surface area contributed by atoms with Gasteiger partial charge in [0.1, 0.15) is 11.7 Å². The molecule has 0 aromatic heterocycles. The van der Waals surface area contributed by atoms with Gasteiger partial charge in [-0.3, -0.25) is 9.59 Å². The summed E-state index contributed by atoms with van der Waals surface area (Å²) in [6.45, 7) is 1.97. The largest absolute Gasteiger partial charge is 0.497 e. The lowest BCUT2D eigenvalue weighted by molar-refractivity contribution is -0.151. The third-order valence-corrected chi connectivity index (χ3v) is 4.96. The number of hydrogen-bond donors (Lipinski definition) is 0. The van der Waals surface area contributed by atoms with E-state index in [9.17, 15) is 9.59 Å². The highest BCUT2D eigenvalue weighted by Crippen LogP contribution is 2.41. The zero-order chi connectivity index (χ0) is 19.4. The van der Waals surface area contributed by atoms with Crippen LogP contribution in [0.15, 0.2) is 54.6 Å². The molecule has 1 aliphatic carbocycles. The molecule has 5 heteroatoms. The summed E-state index contributed by atoms with van der Waals surface area (Å²) in [7, 11) is 1.60. The SMILES string of the molecule is CCOC(=O)[C@@H]1C(=O)C=C(c2cccc(OC)c2)C[C@H]1c1cccc(Cl)c1. The molecule has 27 heavy (non-hydrogen) atoms. The fourth-order valence-electron chi connectivity index (χ4n) is 3.46. The van der Waals surface area contributed by atoms with E-state index in [-0.39, 0.29) is 18.3 Å². The first-order valence-corrected chi connectivity index (χ1v) is 9.22. The third-order valence-electron chi connectivity index (χ3n) is 4.72. The van der Waals surface area contributed by atoms with E-state index in [1.165, 1.54) is 0 Å². The number of hydrogen-bond acceptors (Lipinski definition) is 4. The second-order valence-electron chi connectivity index (χ2n) is 6.40. The van der Waals surface area contributed by atoms with Crippen LogP contribution < -0.4 is 4.74 Å². The van der Waals surface area contributed by atoms with Gasteiger partial charge in [0.15, 0.2) is 5.78 Å². The summed E-state index contributed by atoms with van der Waals surface area (Å²) >= 11 is 6.15. The van der Waals surface area contributed by atoms with Crippen LogP contribution in [0.25, 0.3) is 5.57 Å². The predicted octanol–water partition coefficient (Wildman–Crippen LogP) is 4.67. The molecule has 3 rings (SSSR count). The van der Waals surface area contributed by atoms with Crippen molar-refractivity contribution in [2.45, 2.75) is 19.3 Å². The molecule has 4 nitrogen and oxygen atoms in total. The molecule has 0 amide bonds. The molecule has 0 radical (unpaired) electrons. The summed E-state index contributed by atoms with van der Waals surface area (Å²) in [4.78, 5) is 25.4. The van der Waals surface area contributed by atoms with Crippen molar-refractivity contribution < 1.29 is 19.1 Å². The van der Waals surface area contributed by atoms with Crippen LogP contribution in [0.3, 0.4) is 0 Å². The first kappa shape index (κ1) is 19.2. The van der Waals surface area contributed by atoms with Crippen LogP contribution in [0.5, 0.6) is 5.75 Å². The van der Waals surface area contributed by atoms with Gasteiger partial charge in [-0.15, -0.1) is 0 Å². The van der Waals surface area contributed by atoms with Crippen molar-refractivity contribution in [3.05, 3.63) is 70.8 Å². The normalized spacial score (nSPS) is 19.4. The Morgan fingerprint density at radius 2 is 1.96 bits per heavy atom. The Balaban J connectivity index is 2.03. The number of ether oxygens (including phenoxy) is 2. The van der Waals surface area contributed by atoms with Gasteiger partial charge in [-0.25, -0.2) is 0 Å². The van der Waals surface area contributed by atoms with Crippen molar-refractivity contribution in [3.8, 4) is 5.75 Å². The number of rotatable bonds is 5. The third kappa shape index (κ3) is 4.22. The van der Waals surface area contributed by atoms with Crippen LogP contribution in [0.2, 0.25) is 5.02 Å². The number of methoxy groups -OCH3 is 1. The Hall–Kier alpha value is -2.59. The molecular formula is C22H21ClO4. The van der Waals surface area contributed by atoms with Crippen molar-refractivity contribution in [2.75, 3.05) is 13.7 Å². The van der Waals surface area contributed by atoms with Crippen molar-refractivity contribution in [2.24, 2.45) is 5.92 Å². The van der Waals surface area contributed by atoms with Crippen LogP contribution in [0.1, 0.15) is 30.4 Å². The Morgan fingerprint density at radius 1 is 1.19 bits per heavy atom. The van der Waals surface area contributed by atoms with Crippen LogP contribution in [-0.2, 0) is 14.3 Å². The van der Waals surface area contributed by atoms with Crippen LogP contribution in [-0.4, -0.2) is 25.5 Å². The molecule has 2 aromatic rings. The molecule has 0 saturated heterocycles. The van der Waals surface area contributed by atoms with Crippen molar-refractivity contribution in [3.63, 3.8) is 0 Å². The van der Waals surface area contributed by atoms with Gasteiger partial charge < -0.3 is 9.47 Å². The fraction of sp³-hybridized carbons (Fsp3) is 0.273. The van der Waals surface area contributed by atoms with Gasteiger partial charge in [0.2, 0.25) is 0 Å². The minimum Gasteiger partial charge on any atom is -0.497 e. The summed E-state index contributed by atoms with van der Waals surface area (Å²) in [6, 6.07) is 14.8. The number of allylic oxidation sites excluding steroid dienone is 2. The van der Waals surface area contributed by atoms with Crippen molar-refractivity contribution >= 4 is 28.9 Å². The minimum absolute atomic E-state index is 0.233. The van der Waals surface area contributed by atoms with E-state index in [2.05, 4.69) is 0 Å². The number of benzene rings is 2. The number of carbonyl (C=O) groups is 2. The fourth-order valence-corrected chi connectivity index (χ4v) is 3.66. The zero-order valence-electron chi connectivity index (χ0n) is 15.3. The summed E-state index contributed by atoms with van der Waals surface area (Å²) in [5.74, 6) is -1.22. The molecular weight excluding hydrogens is 364 g/mol. The molecule has 0 N–H and O–H groups in total. The lowest BCUT2D eigenvalue weighted by atomic mass is 9.73. The maximum Gasteiger partial charge on any atom is 0.317 e. The van der Waals surface area contributed by atoms with Gasteiger partial charge in [-0.2, -0.15) is 0 Å². The van der Waals surface area contributed by atoms with Crippen molar-refractivity contribution in [1.29, 1.82) is 0 Å². The van der Waals surface area contributed by atoms with E-state index >= 15 is 0 Å². The zero-order valence-corrected chi connectivity index (χ0v) is 16.0. The maximum absolute atomic E-state index is 12.9. The van der Waals surface area contributed by atoms with E-state index in [1.807, 2.05) is 36.4 Å². The molecule has 0 spiro atoms. The highest BCUT2D eigenvalue weighted by molar-refractivity contribution is 6.30. The molecule has 0 fully saturated rings. The Bertz CT molecular complexity index is 887. The van der Waals surface area contributed by atoms with E-state index < -0.39 is 11.9 Å². The quantitative estimate of drug-likeness (QED) is 0.555. The summed E-state index contributed by atoms with van der Waals surface area (Å²) in [6.07, 6.45) is 2.08. The lowest BCUT2D eigenvalue weighted by Gasteiger charge is -2.29. The first-order valence-electron chi connectivity index (χ1n) is 8.84. The van der Waals surface area contributed by atoms with E-state index in [1.54, 1.807) is 32.2 Å². The van der Waals surface area contributed by atoms with E-state index in [0.717, 1.165) is 16.7 Å². The molecule has 2 aromatic carbocycles. The van der Waals surface area contributed by atoms with E-state index in [0.29, 0.717) is 17.2 Å². The smallest absolute Gasteiger partial charge is 0.317 e. The topological polar surface area (TPSA) is 52.6 Å².